The second kappa shape index (κ2) is 8.08. The zero-order valence-corrected chi connectivity index (χ0v) is 18.9. The molecule has 2 atom stereocenters. The van der Waals surface area contributed by atoms with Crippen LogP contribution in [0.2, 0.25) is 0 Å². The molecular weight excluding hydrogens is 436 g/mol. The van der Waals surface area contributed by atoms with Gasteiger partial charge in [-0.2, -0.15) is 36.7 Å². The number of hydrogen-bond donors (Lipinski definition) is 2. The van der Waals surface area contributed by atoms with Gasteiger partial charge >= 0.3 is 0 Å². The van der Waals surface area contributed by atoms with Gasteiger partial charge in [-0.25, -0.2) is 0 Å². The fraction of sp³-hybridized carbons (Fsp3) is 0.333. The fourth-order valence-electron chi connectivity index (χ4n) is 3.95. The van der Waals surface area contributed by atoms with Gasteiger partial charge in [-0.15, -0.1) is 0 Å². The van der Waals surface area contributed by atoms with Crippen molar-refractivity contribution in [2.75, 3.05) is 0 Å². The van der Waals surface area contributed by atoms with Crippen molar-refractivity contribution in [1.29, 1.82) is 0 Å². The Hall–Kier alpha value is -2.72. The van der Waals surface area contributed by atoms with E-state index in [1.807, 2.05) is 13.8 Å². The monoisotopic (exact) mass is 460 g/mol. The number of fused-ring (bicyclic) bond motifs is 2. The van der Waals surface area contributed by atoms with Crippen LogP contribution in [0.25, 0.3) is 0 Å². The van der Waals surface area contributed by atoms with Crippen molar-refractivity contribution in [3.8, 4) is 0 Å². The molecular formula is C21H24N4O4S2. The zero-order valence-electron chi connectivity index (χ0n) is 17.2. The minimum Gasteiger partial charge on any atom is -0.200 e. The first-order chi connectivity index (χ1) is 14.7. The van der Waals surface area contributed by atoms with Gasteiger partial charge < -0.3 is 0 Å². The zero-order chi connectivity index (χ0) is 22.2. The molecule has 2 aromatic rings. The average molecular weight is 461 g/mol. The minimum absolute atomic E-state index is 0.0633. The van der Waals surface area contributed by atoms with Gasteiger partial charge in [0.25, 0.3) is 20.0 Å². The normalized spacial score (nSPS) is 23.4. The average Bonchev–Trinajstić information content (AvgIpc) is 3.33. The van der Waals surface area contributed by atoms with Crippen molar-refractivity contribution in [2.45, 2.75) is 42.9 Å². The van der Waals surface area contributed by atoms with Crippen LogP contribution in [-0.4, -0.2) is 28.3 Å². The molecule has 164 valence electrons. The van der Waals surface area contributed by atoms with Gasteiger partial charge in [-0.1, -0.05) is 35.4 Å². The number of hydrazone groups is 2. The first kappa shape index (κ1) is 21.5. The Kier molecular flexibility index (Phi) is 5.61. The Morgan fingerprint density at radius 2 is 1.03 bits per heavy atom. The second-order valence-electron chi connectivity index (χ2n) is 8.02. The van der Waals surface area contributed by atoms with E-state index in [1.165, 1.54) is 24.3 Å². The van der Waals surface area contributed by atoms with Gasteiger partial charge in [0.1, 0.15) is 0 Å². The highest BCUT2D eigenvalue weighted by Gasteiger charge is 2.43. The Bertz CT molecular complexity index is 1150. The lowest BCUT2D eigenvalue weighted by Crippen LogP contribution is -2.30. The molecule has 2 saturated carbocycles. The first-order valence-electron chi connectivity index (χ1n) is 9.98. The Morgan fingerprint density at radius 1 is 0.677 bits per heavy atom. The molecule has 0 spiro atoms. The fourth-order valence-corrected chi connectivity index (χ4v) is 5.59. The molecule has 8 nitrogen and oxygen atoms in total. The lowest BCUT2D eigenvalue weighted by atomic mass is 9.96. The molecule has 2 aliphatic carbocycles. The Balaban J connectivity index is 1.57. The summed E-state index contributed by atoms with van der Waals surface area (Å²) < 4.78 is 50.3. The summed E-state index contributed by atoms with van der Waals surface area (Å²) in [4.78, 5) is 4.81. The predicted octanol–water partition coefficient (Wildman–Crippen LogP) is 2.70. The van der Waals surface area contributed by atoms with Crippen molar-refractivity contribution >= 4 is 31.5 Å². The number of rotatable bonds is 6. The Morgan fingerprint density at radius 3 is 1.39 bits per heavy atom. The molecule has 0 aromatic heterocycles. The van der Waals surface area contributed by atoms with E-state index in [9.17, 15) is 16.8 Å². The van der Waals surface area contributed by atoms with Gasteiger partial charge in [-0.3, -0.25) is 0 Å². The Labute approximate surface area is 182 Å². The standard InChI is InChI=1S/C21H24N4O4S2/c1-14-3-9-18(10-4-14)30(26,27)24-22-20-16-7-8-17(13-16)21(20)23-25-31(28,29)19-11-5-15(2)6-12-19/h3-6,9-12,16-17,24-25H,7-8,13H2,1-2H3/b22-20+,23-21?/t16-,17+/m0/s1. The molecule has 4 rings (SSSR count). The number of sulfonamides is 2. The maximum Gasteiger partial charge on any atom is 0.276 e. The molecule has 0 unspecified atom stereocenters. The number of nitrogens with zero attached hydrogens (tertiary/aromatic N) is 2. The van der Waals surface area contributed by atoms with Crippen molar-refractivity contribution in [3.63, 3.8) is 0 Å². The summed E-state index contributed by atoms with van der Waals surface area (Å²) in [5, 5.41) is 8.31. The molecule has 0 radical (unpaired) electrons. The van der Waals surface area contributed by atoms with Gasteiger partial charge in [0.05, 0.1) is 21.2 Å². The van der Waals surface area contributed by atoms with E-state index in [0.717, 1.165) is 30.4 Å². The third-order valence-electron chi connectivity index (χ3n) is 5.70. The topological polar surface area (TPSA) is 117 Å². The highest BCUT2D eigenvalue weighted by Crippen LogP contribution is 2.41. The summed E-state index contributed by atoms with van der Waals surface area (Å²) >= 11 is 0. The molecule has 2 N–H and O–H groups in total. The number of aryl methyl sites for hydroxylation is 2. The number of benzene rings is 2. The van der Waals surface area contributed by atoms with E-state index in [2.05, 4.69) is 19.9 Å². The molecule has 10 heteroatoms. The van der Waals surface area contributed by atoms with Gasteiger partial charge in [0.15, 0.2) is 0 Å². The van der Waals surface area contributed by atoms with Gasteiger partial charge in [0, 0.05) is 11.8 Å². The van der Waals surface area contributed by atoms with Crippen LogP contribution in [0.1, 0.15) is 30.4 Å². The second-order valence-corrected chi connectivity index (χ2v) is 11.3. The number of nitrogens with one attached hydrogen (secondary N) is 2. The van der Waals surface area contributed by atoms with Crippen LogP contribution >= 0.6 is 0 Å². The molecule has 2 fully saturated rings. The summed E-state index contributed by atoms with van der Waals surface area (Å²) in [6, 6.07) is 12.9. The molecule has 2 aromatic carbocycles. The van der Waals surface area contributed by atoms with Crippen LogP contribution in [0.4, 0.5) is 0 Å². The smallest absolute Gasteiger partial charge is 0.200 e. The predicted molar refractivity (Wildman–Crippen MR) is 119 cm³/mol. The maximum absolute atomic E-state index is 12.6. The molecule has 2 aliphatic rings. The summed E-state index contributed by atoms with van der Waals surface area (Å²) in [6.45, 7) is 3.75. The van der Waals surface area contributed by atoms with E-state index in [4.69, 9.17) is 0 Å². The summed E-state index contributed by atoms with van der Waals surface area (Å²) in [5.41, 5.74) is 2.90. The molecule has 0 heterocycles. The SMILES string of the molecule is Cc1ccc(S(=O)(=O)NN=C2/C(=N/NS(=O)(=O)c3ccc(C)cc3)[C@H]3CC[C@@H]2C3)cc1. The van der Waals surface area contributed by atoms with Crippen LogP contribution in [0.15, 0.2) is 68.5 Å². The van der Waals surface area contributed by atoms with E-state index in [0.29, 0.717) is 11.4 Å². The number of hydrogen-bond acceptors (Lipinski definition) is 6. The third-order valence-corrected chi connectivity index (χ3v) is 8.15. The van der Waals surface area contributed by atoms with E-state index < -0.39 is 20.0 Å². The highest BCUT2D eigenvalue weighted by molar-refractivity contribution is 7.89. The first-order valence-corrected chi connectivity index (χ1v) is 12.9. The van der Waals surface area contributed by atoms with Crippen LogP contribution in [0.5, 0.6) is 0 Å². The molecule has 0 saturated heterocycles. The summed E-state index contributed by atoms with van der Waals surface area (Å²) in [6.07, 6.45) is 2.54. The molecule has 0 amide bonds. The van der Waals surface area contributed by atoms with Crippen LogP contribution in [0, 0.1) is 25.7 Å². The van der Waals surface area contributed by atoms with Crippen molar-refractivity contribution < 1.29 is 16.8 Å². The third kappa shape index (κ3) is 4.49. The van der Waals surface area contributed by atoms with Crippen molar-refractivity contribution in [2.24, 2.45) is 22.0 Å². The summed E-state index contributed by atoms with van der Waals surface area (Å²) in [7, 11) is -7.65. The molecule has 0 aliphatic heterocycles. The van der Waals surface area contributed by atoms with E-state index in [-0.39, 0.29) is 21.6 Å². The minimum atomic E-state index is -3.83. The van der Waals surface area contributed by atoms with Crippen molar-refractivity contribution in [1.82, 2.24) is 9.66 Å². The van der Waals surface area contributed by atoms with Gasteiger partial charge in [-0.05, 0) is 57.4 Å². The van der Waals surface area contributed by atoms with Crippen LogP contribution in [-0.2, 0) is 20.0 Å². The summed E-state index contributed by atoms with van der Waals surface area (Å²) in [5.74, 6) is 0.127. The van der Waals surface area contributed by atoms with E-state index in [1.54, 1.807) is 24.3 Å². The quantitative estimate of drug-likeness (QED) is 0.645. The highest BCUT2D eigenvalue weighted by atomic mass is 32.2. The van der Waals surface area contributed by atoms with Crippen molar-refractivity contribution in [3.05, 3.63) is 59.7 Å². The lowest BCUT2D eigenvalue weighted by Gasteiger charge is -2.16. The maximum atomic E-state index is 12.6. The molecule has 31 heavy (non-hydrogen) atoms. The lowest BCUT2D eigenvalue weighted by molar-refractivity contribution is 0.581. The van der Waals surface area contributed by atoms with Crippen LogP contribution < -0.4 is 9.66 Å². The molecule has 2 bridgehead atoms. The largest absolute Gasteiger partial charge is 0.276 e. The van der Waals surface area contributed by atoms with Crippen LogP contribution in [0.3, 0.4) is 0 Å². The van der Waals surface area contributed by atoms with E-state index >= 15 is 0 Å². The van der Waals surface area contributed by atoms with Gasteiger partial charge in [0.2, 0.25) is 0 Å².